The highest BCUT2D eigenvalue weighted by Gasteiger charge is 2.28. The predicted molar refractivity (Wildman–Crippen MR) is 71.4 cm³/mol. The molecule has 0 saturated heterocycles. The first-order valence-corrected chi connectivity index (χ1v) is 7.97. The number of halogens is 2. The van der Waals surface area contributed by atoms with E-state index in [9.17, 15) is 8.42 Å². The van der Waals surface area contributed by atoms with Crippen molar-refractivity contribution in [2.75, 3.05) is 0 Å². The van der Waals surface area contributed by atoms with Crippen molar-refractivity contribution in [2.45, 2.75) is 37.1 Å². The lowest BCUT2D eigenvalue weighted by molar-refractivity contribution is 0.476. The van der Waals surface area contributed by atoms with E-state index in [1.165, 1.54) is 12.3 Å². The predicted octanol–water partition coefficient (Wildman–Crippen LogP) is 2.86. The molecule has 0 aliphatic heterocycles. The normalized spacial score (nSPS) is 24.4. The summed E-state index contributed by atoms with van der Waals surface area (Å²) in [5.74, 6) is 0.357. The van der Waals surface area contributed by atoms with E-state index in [0.717, 1.165) is 19.3 Å². The molecule has 2 rings (SSSR count). The highest BCUT2D eigenvalue weighted by atomic mass is 35.5. The summed E-state index contributed by atoms with van der Waals surface area (Å²) in [5.41, 5.74) is 0. The van der Waals surface area contributed by atoms with Crippen LogP contribution < -0.4 is 4.72 Å². The maximum absolute atomic E-state index is 12.1. The highest BCUT2D eigenvalue weighted by molar-refractivity contribution is 7.89. The van der Waals surface area contributed by atoms with Crippen molar-refractivity contribution in [3.63, 3.8) is 0 Å². The summed E-state index contributed by atoms with van der Waals surface area (Å²) in [7, 11) is -3.57. The minimum absolute atomic E-state index is 0.00977. The lowest BCUT2D eigenvalue weighted by Crippen LogP contribution is -2.36. The van der Waals surface area contributed by atoms with Gasteiger partial charge in [-0.1, -0.05) is 36.5 Å². The van der Waals surface area contributed by atoms with Gasteiger partial charge in [0.15, 0.2) is 0 Å². The van der Waals surface area contributed by atoms with Gasteiger partial charge in [-0.2, -0.15) is 0 Å². The van der Waals surface area contributed by atoms with Crippen LogP contribution in [0.1, 0.15) is 26.2 Å². The largest absolute Gasteiger partial charge is 0.242 e. The van der Waals surface area contributed by atoms with Crippen molar-refractivity contribution < 1.29 is 8.42 Å². The van der Waals surface area contributed by atoms with Crippen molar-refractivity contribution in [2.24, 2.45) is 5.92 Å². The molecule has 1 heterocycles. The second-order valence-corrected chi connectivity index (χ2v) is 7.06. The van der Waals surface area contributed by atoms with Crippen molar-refractivity contribution in [1.82, 2.24) is 9.71 Å². The molecule has 0 radical (unpaired) electrons. The van der Waals surface area contributed by atoms with Crippen LogP contribution in [0.4, 0.5) is 0 Å². The van der Waals surface area contributed by atoms with Gasteiger partial charge in [-0.05, 0) is 24.8 Å². The van der Waals surface area contributed by atoms with Gasteiger partial charge in [-0.3, -0.25) is 0 Å². The molecule has 1 aliphatic carbocycles. The average Bonchev–Trinajstić information content (AvgIpc) is 2.67. The molecule has 100 valence electrons. The summed E-state index contributed by atoms with van der Waals surface area (Å²) in [4.78, 5) is 3.80. The fourth-order valence-electron chi connectivity index (χ4n) is 2.14. The van der Waals surface area contributed by atoms with Gasteiger partial charge >= 0.3 is 0 Å². The molecule has 1 fully saturated rings. The zero-order valence-corrected chi connectivity index (χ0v) is 12.2. The highest BCUT2D eigenvalue weighted by Crippen LogP contribution is 2.27. The molecule has 2 unspecified atom stereocenters. The first-order chi connectivity index (χ1) is 8.40. The number of pyridine rings is 1. The average molecular weight is 309 g/mol. The zero-order chi connectivity index (χ0) is 13.3. The van der Waals surface area contributed by atoms with Crippen LogP contribution in [0.2, 0.25) is 10.2 Å². The van der Waals surface area contributed by atoms with Crippen LogP contribution in [0.25, 0.3) is 0 Å². The van der Waals surface area contributed by atoms with Crippen LogP contribution >= 0.6 is 23.2 Å². The van der Waals surface area contributed by atoms with Crippen molar-refractivity contribution in [3.8, 4) is 0 Å². The van der Waals surface area contributed by atoms with Gasteiger partial charge in [-0.25, -0.2) is 18.1 Å². The molecule has 0 spiro atoms. The second kappa shape index (κ2) is 5.33. The molecule has 1 aromatic rings. The van der Waals surface area contributed by atoms with Crippen LogP contribution in [-0.4, -0.2) is 19.4 Å². The van der Waals surface area contributed by atoms with E-state index < -0.39 is 10.0 Å². The summed E-state index contributed by atoms with van der Waals surface area (Å²) >= 11 is 11.4. The molecular formula is C11H14Cl2N2O2S. The Morgan fingerprint density at radius 1 is 1.39 bits per heavy atom. The zero-order valence-electron chi connectivity index (χ0n) is 9.86. The molecule has 0 amide bonds. The van der Waals surface area contributed by atoms with Gasteiger partial charge < -0.3 is 0 Å². The molecule has 7 heteroatoms. The van der Waals surface area contributed by atoms with E-state index in [-0.39, 0.29) is 21.1 Å². The SMILES string of the molecule is CC1CCCC1NS(=O)(=O)c1cnc(Cl)c(Cl)c1. The maximum Gasteiger partial charge on any atom is 0.242 e. The topological polar surface area (TPSA) is 59.1 Å². The minimum atomic E-state index is -3.57. The number of nitrogens with one attached hydrogen (secondary N) is 1. The summed E-state index contributed by atoms with van der Waals surface area (Å²) in [6.45, 7) is 2.05. The Morgan fingerprint density at radius 3 is 2.67 bits per heavy atom. The minimum Gasteiger partial charge on any atom is -0.242 e. The van der Waals surface area contributed by atoms with E-state index in [0.29, 0.717) is 5.92 Å². The number of aromatic nitrogens is 1. The quantitative estimate of drug-likeness (QED) is 0.873. The summed E-state index contributed by atoms with van der Waals surface area (Å²) < 4.78 is 27.0. The van der Waals surface area contributed by atoms with Gasteiger partial charge in [-0.15, -0.1) is 0 Å². The third kappa shape index (κ3) is 2.96. The summed E-state index contributed by atoms with van der Waals surface area (Å²) in [6, 6.07) is 1.31. The van der Waals surface area contributed by atoms with Crippen molar-refractivity contribution in [3.05, 3.63) is 22.4 Å². The van der Waals surface area contributed by atoms with E-state index in [1.54, 1.807) is 0 Å². The van der Waals surface area contributed by atoms with Crippen LogP contribution in [0.3, 0.4) is 0 Å². The second-order valence-electron chi connectivity index (χ2n) is 4.58. The van der Waals surface area contributed by atoms with Gasteiger partial charge in [0, 0.05) is 12.2 Å². The number of sulfonamides is 1. The smallest absolute Gasteiger partial charge is 0.242 e. The third-order valence-corrected chi connectivity index (χ3v) is 5.39. The Bertz CT molecular complexity index is 548. The lowest BCUT2D eigenvalue weighted by Gasteiger charge is -2.17. The van der Waals surface area contributed by atoms with Gasteiger partial charge in [0.2, 0.25) is 10.0 Å². The molecular weight excluding hydrogens is 295 g/mol. The molecule has 1 aromatic heterocycles. The number of nitrogens with zero attached hydrogens (tertiary/aromatic N) is 1. The van der Waals surface area contributed by atoms with Crippen molar-refractivity contribution in [1.29, 1.82) is 0 Å². The Kier molecular flexibility index (Phi) is 4.16. The van der Waals surface area contributed by atoms with E-state index >= 15 is 0 Å². The standard InChI is InChI=1S/C11H14Cl2N2O2S/c1-7-3-2-4-10(7)15-18(16,17)8-5-9(12)11(13)14-6-8/h5-7,10,15H,2-4H2,1H3. The van der Waals surface area contributed by atoms with E-state index in [2.05, 4.69) is 9.71 Å². The Hall–Kier alpha value is -0.360. The Balaban J connectivity index is 2.22. The molecule has 1 saturated carbocycles. The molecule has 4 nitrogen and oxygen atoms in total. The fourth-order valence-corrected chi connectivity index (χ4v) is 3.82. The molecule has 1 aliphatic rings. The molecule has 18 heavy (non-hydrogen) atoms. The third-order valence-electron chi connectivity index (χ3n) is 3.25. The van der Waals surface area contributed by atoms with Crippen LogP contribution in [0.5, 0.6) is 0 Å². The van der Waals surface area contributed by atoms with Crippen LogP contribution in [0, 0.1) is 5.92 Å². The Labute approximate surface area is 117 Å². The summed E-state index contributed by atoms with van der Waals surface area (Å²) in [5, 5.41) is 0.240. The molecule has 2 atom stereocenters. The van der Waals surface area contributed by atoms with Gasteiger partial charge in [0.05, 0.1) is 5.02 Å². The number of hydrogen-bond acceptors (Lipinski definition) is 3. The maximum atomic E-state index is 12.1. The van der Waals surface area contributed by atoms with Crippen LogP contribution in [-0.2, 0) is 10.0 Å². The number of rotatable bonds is 3. The van der Waals surface area contributed by atoms with Crippen molar-refractivity contribution >= 4 is 33.2 Å². The molecule has 1 N–H and O–H groups in total. The monoisotopic (exact) mass is 308 g/mol. The van der Waals surface area contributed by atoms with Gasteiger partial charge in [0.25, 0.3) is 0 Å². The first kappa shape index (κ1) is 14.1. The molecule has 0 bridgehead atoms. The first-order valence-electron chi connectivity index (χ1n) is 5.73. The Morgan fingerprint density at radius 2 is 2.11 bits per heavy atom. The molecule has 0 aromatic carbocycles. The number of hydrogen-bond donors (Lipinski definition) is 1. The summed E-state index contributed by atoms with van der Waals surface area (Å²) in [6.07, 6.45) is 4.19. The van der Waals surface area contributed by atoms with Gasteiger partial charge in [0.1, 0.15) is 10.0 Å². The lowest BCUT2D eigenvalue weighted by atomic mass is 10.1. The van der Waals surface area contributed by atoms with E-state index in [1.807, 2.05) is 6.92 Å². The van der Waals surface area contributed by atoms with E-state index in [4.69, 9.17) is 23.2 Å². The fraction of sp³-hybridized carbons (Fsp3) is 0.545. The van der Waals surface area contributed by atoms with Crippen LogP contribution in [0.15, 0.2) is 17.2 Å².